The number of alkyl carbamates (subject to hydrolysis) is 1. The number of nitrogens with one attached hydrogen (secondary N) is 2. The van der Waals surface area contributed by atoms with E-state index in [2.05, 4.69) is 38.3 Å². The van der Waals surface area contributed by atoms with Crippen LogP contribution in [0.4, 0.5) is 9.59 Å². The summed E-state index contributed by atoms with van der Waals surface area (Å²) in [6.07, 6.45) is 18.6. The summed E-state index contributed by atoms with van der Waals surface area (Å²) in [6, 6.07) is 21.5. The normalized spacial score (nSPS) is 16.6. The van der Waals surface area contributed by atoms with Gasteiger partial charge in [0.25, 0.3) is 0 Å². The molecule has 22 nitrogen and oxygen atoms in total. The topological polar surface area (TPSA) is 271 Å². The maximum atomic E-state index is 15.9. The van der Waals surface area contributed by atoms with E-state index in [1.807, 2.05) is 6.07 Å². The largest absolute Gasteiger partial charge is 0.588 e. The second kappa shape index (κ2) is 59.6. The van der Waals surface area contributed by atoms with Gasteiger partial charge in [0.1, 0.15) is 61.8 Å². The number of para-hydroxylation sites is 2. The van der Waals surface area contributed by atoms with Gasteiger partial charge in [-0.15, -0.1) is 0 Å². The van der Waals surface area contributed by atoms with E-state index in [0.717, 1.165) is 167 Å². The molecule has 0 bridgehead atoms. The van der Waals surface area contributed by atoms with Crippen LogP contribution in [0.3, 0.4) is 0 Å². The molecule has 3 aromatic rings. The molecular weight excluding hydrogens is 1620 g/mol. The molecule has 1 aliphatic rings. The summed E-state index contributed by atoms with van der Waals surface area (Å²) in [5, 5.41) is 5.62. The van der Waals surface area contributed by atoms with Crippen LogP contribution >= 0.6 is 77.4 Å². The molecular formula is C86H131Cl6N2O20P. The molecule has 2 amide bonds. The Bertz CT molecular complexity index is 3150. The number of benzene rings is 3. The number of hydrogen-bond acceptors (Lipinski definition) is 20. The van der Waals surface area contributed by atoms with E-state index in [9.17, 15) is 28.8 Å². The molecule has 2 N–H and O–H groups in total. The average Bonchev–Trinajstić information content (AvgIpc) is 0.770. The van der Waals surface area contributed by atoms with Crippen molar-refractivity contribution in [3.63, 3.8) is 0 Å². The standard InChI is InChI=1S/C86H131Cl6N2O20P/c1-7-11-15-19-23-25-29-31-40-54-70(107-75(97)56-46-33-27-21-17-13-9-3)60-73(95)93-67(58-59-74(96)103-62-66-48-38-35-39-49-66)63-104-81-78(94-82(100)106-65-85(87,88)89)80(110-77(99)61-71(55-41-32-30-26-24-20-16-12-8-2)108-76(98)57-47-34-28-22-18-14-10-4)79(72(109-81)64-105-83(101)111-84(5,6)86(90,91)92)114-115(102,112-68-50-42-36-43-51-68)113-69-52-44-37-45-53-69/h35-39,42-45,48-53,67,70-72,78-81H,7-34,40-41,46-47,54-65H2,1-6H3,(H,93,95)(H,94,100)/t67?,70-,71-,72-,78-,79-,80-,81+/m1/s1. The van der Waals surface area contributed by atoms with Gasteiger partial charge in [-0.05, 0) is 88.6 Å². The van der Waals surface area contributed by atoms with Gasteiger partial charge in [-0.1, -0.05) is 344 Å². The Morgan fingerprint density at radius 2 is 0.922 bits per heavy atom. The molecule has 1 aliphatic heterocycles. The molecule has 1 saturated heterocycles. The minimum atomic E-state index is -5.24. The predicted molar refractivity (Wildman–Crippen MR) is 452 cm³/mol. The third-order valence-electron chi connectivity index (χ3n) is 19.5. The first kappa shape index (κ1) is 102. The number of ether oxygens (including phenoxy) is 9. The lowest BCUT2D eigenvalue weighted by molar-refractivity contribution is -0.272. The number of carbonyl (C=O) groups excluding carboxylic acids is 7. The lowest BCUT2D eigenvalue weighted by atomic mass is 9.96. The van der Waals surface area contributed by atoms with E-state index in [-0.39, 0.29) is 56.6 Å². The summed E-state index contributed by atoms with van der Waals surface area (Å²) >= 11 is 37.3. The second-order valence-electron chi connectivity index (χ2n) is 30.2. The number of rotatable bonds is 63. The molecule has 8 atom stereocenters. The monoisotopic (exact) mass is 1750 g/mol. The van der Waals surface area contributed by atoms with Crippen molar-refractivity contribution in [2.75, 3.05) is 19.8 Å². The molecule has 1 heterocycles. The zero-order valence-electron chi connectivity index (χ0n) is 68.8. The van der Waals surface area contributed by atoms with Gasteiger partial charge in [0, 0.05) is 19.3 Å². The minimum absolute atomic E-state index is 0.0466. The lowest BCUT2D eigenvalue weighted by Crippen LogP contribution is -2.67. The highest BCUT2D eigenvalue weighted by molar-refractivity contribution is 7.49. The average molecular weight is 1760 g/mol. The SMILES string of the molecule is CCCCCCCCCCC[C@H](CC(=O)NC(CCC(=O)OCc1ccccc1)CO[C@H]1O[C@H](COC(=O)OC(C)(C)C(Cl)(Cl)Cl)[C@@H](OP(=O)(Oc2ccccc2)Oc2ccccc2)[C@H](OC(=O)C[C@@H](CCCCCCCCCCC)OC(=O)CCCCCCCCC)[C@H]1NC(=O)OCC(Cl)(Cl)Cl)OC(=O)CCCCCCCCC. The fourth-order valence-corrected chi connectivity index (χ4v) is 14.6. The van der Waals surface area contributed by atoms with Crippen molar-refractivity contribution in [1.29, 1.82) is 0 Å². The molecule has 1 unspecified atom stereocenters. The molecule has 115 heavy (non-hydrogen) atoms. The van der Waals surface area contributed by atoms with Crippen molar-refractivity contribution in [3.8, 4) is 11.5 Å². The third kappa shape index (κ3) is 47.6. The van der Waals surface area contributed by atoms with Crippen molar-refractivity contribution in [3.05, 3.63) is 96.6 Å². The Morgan fingerprint density at radius 3 is 1.37 bits per heavy atom. The first-order valence-electron chi connectivity index (χ1n) is 42.2. The van der Waals surface area contributed by atoms with Gasteiger partial charge in [0.2, 0.25) is 13.5 Å². The number of hydrogen-bond donors (Lipinski definition) is 2. The maximum absolute atomic E-state index is 15.9. The number of unbranched alkanes of at least 4 members (excludes halogenated alkanes) is 28. The zero-order chi connectivity index (χ0) is 84.0. The molecule has 652 valence electrons. The van der Waals surface area contributed by atoms with Crippen molar-refractivity contribution >= 4 is 119 Å². The number of phosphoric acid groups is 1. The van der Waals surface area contributed by atoms with Gasteiger partial charge < -0.3 is 62.3 Å². The molecule has 0 aliphatic carbocycles. The van der Waals surface area contributed by atoms with E-state index in [0.29, 0.717) is 37.7 Å². The van der Waals surface area contributed by atoms with E-state index >= 15 is 9.36 Å². The number of amides is 2. The van der Waals surface area contributed by atoms with Crippen LogP contribution in [-0.2, 0) is 82.3 Å². The van der Waals surface area contributed by atoms with Crippen molar-refractivity contribution in [2.45, 2.75) is 367 Å². The van der Waals surface area contributed by atoms with E-state index in [1.54, 1.807) is 60.7 Å². The second-order valence-corrected chi connectivity index (χ2v) is 36.5. The highest BCUT2D eigenvalue weighted by Gasteiger charge is 2.55. The minimum Gasteiger partial charge on any atom is -0.462 e. The van der Waals surface area contributed by atoms with Crippen LogP contribution < -0.4 is 19.7 Å². The van der Waals surface area contributed by atoms with E-state index in [4.69, 9.17) is 126 Å². The summed E-state index contributed by atoms with van der Waals surface area (Å²) in [7, 11) is -5.24. The Hall–Kier alpha value is -5.00. The van der Waals surface area contributed by atoms with Gasteiger partial charge in [-0.25, -0.2) is 14.2 Å². The van der Waals surface area contributed by atoms with Gasteiger partial charge in [-0.3, -0.25) is 28.5 Å². The highest BCUT2D eigenvalue weighted by atomic mass is 35.6. The lowest BCUT2D eigenvalue weighted by Gasteiger charge is -2.45. The van der Waals surface area contributed by atoms with Crippen LogP contribution in [0.25, 0.3) is 0 Å². The van der Waals surface area contributed by atoms with Crippen molar-refractivity contribution in [2.24, 2.45) is 0 Å². The first-order valence-corrected chi connectivity index (χ1v) is 45.9. The number of phosphoric ester groups is 1. The van der Waals surface area contributed by atoms with Crippen LogP contribution in [-0.4, -0.2) is 124 Å². The summed E-state index contributed by atoms with van der Waals surface area (Å²) < 4.78 is 85.3. The van der Waals surface area contributed by atoms with Crippen molar-refractivity contribution in [1.82, 2.24) is 10.6 Å². The van der Waals surface area contributed by atoms with Gasteiger partial charge in [0.05, 0.1) is 25.5 Å². The van der Waals surface area contributed by atoms with Crippen LogP contribution in [0.2, 0.25) is 0 Å². The van der Waals surface area contributed by atoms with E-state index < -0.39 is 138 Å². The maximum Gasteiger partial charge on any atom is 0.588 e. The Morgan fingerprint density at radius 1 is 0.487 bits per heavy atom. The van der Waals surface area contributed by atoms with Gasteiger partial charge in [0.15, 0.2) is 18.0 Å². The fraction of sp³-hybridized carbons (Fsp3) is 0.709. The first-order chi connectivity index (χ1) is 55.1. The number of carbonyl (C=O) groups is 7. The Kier molecular flexibility index (Phi) is 53.1. The molecule has 0 aromatic heterocycles. The molecule has 1 fully saturated rings. The van der Waals surface area contributed by atoms with Crippen molar-refractivity contribution < 1.29 is 94.3 Å². The Balaban J connectivity index is 1.93. The molecule has 3 aromatic carbocycles. The summed E-state index contributed by atoms with van der Waals surface area (Å²) in [6.45, 7) is 8.77. The van der Waals surface area contributed by atoms with Gasteiger partial charge >= 0.3 is 43.9 Å². The smallest absolute Gasteiger partial charge is 0.462 e. The zero-order valence-corrected chi connectivity index (χ0v) is 74.2. The number of halogens is 6. The number of alkyl halides is 6. The fourth-order valence-electron chi connectivity index (χ4n) is 12.9. The van der Waals surface area contributed by atoms with E-state index in [1.165, 1.54) is 51.0 Å². The highest BCUT2D eigenvalue weighted by Crippen LogP contribution is 2.53. The summed E-state index contributed by atoms with van der Waals surface area (Å²) in [5.41, 5.74) is -1.14. The molecule has 29 heteroatoms. The van der Waals surface area contributed by atoms with Crippen LogP contribution in [0.15, 0.2) is 91.0 Å². The Labute approximate surface area is 714 Å². The molecule has 0 spiro atoms. The van der Waals surface area contributed by atoms with Gasteiger partial charge in [-0.2, -0.15) is 0 Å². The molecule has 0 radical (unpaired) electrons. The van der Waals surface area contributed by atoms with Crippen LogP contribution in [0.1, 0.15) is 304 Å². The molecule has 0 saturated carbocycles. The third-order valence-corrected chi connectivity index (χ3v) is 22.6. The quantitative estimate of drug-likeness (QED) is 0.0175. The number of esters is 4. The van der Waals surface area contributed by atoms with Crippen LogP contribution in [0.5, 0.6) is 11.5 Å². The molecule has 4 rings (SSSR count). The van der Waals surface area contributed by atoms with Crippen LogP contribution in [0, 0.1) is 0 Å². The predicted octanol–water partition coefficient (Wildman–Crippen LogP) is 23.8. The summed E-state index contributed by atoms with van der Waals surface area (Å²) in [5.74, 6) is -3.34. The summed E-state index contributed by atoms with van der Waals surface area (Å²) in [4.78, 5) is 100.